The molecular weight excluding hydrogens is 300 g/mol. The number of carbonyl (C=O) groups is 1. The number of H-pyrrole nitrogens is 1. The molecule has 2 aromatic rings. The molecule has 2 aliphatic rings. The Kier molecular flexibility index (Phi) is 3.07. The van der Waals surface area contributed by atoms with Crippen molar-refractivity contribution in [1.29, 1.82) is 0 Å². The predicted molar refractivity (Wildman–Crippen MR) is 86.2 cm³/mol. The van der Waals surface area contributed by atoms with Gasteiger partial charge < -0.3 is 14.6 Å². The van der Waals surface area contributed by atoms with Gasteiger partial charge in [0.2, 0.25) is 0 Å². The second-order valence-corrected chi connectivity index (χ2v) is 7.48. The number of aromatic amines is 1. The number of thioether (sulfide) groups is 1. The number of hydrogen-bond donors (Lipinski definition) is 1. The van der Waals surface area contributed by atoms with E-state index in [4.69, 9.17) is 4.74 Å². The van der Waals surface area contributed by atoms with Gasteiger partial charge in [-0.1, -0.05) is 0 Å². The van der Waals surface area contributed by atoms with Crippen molar-refractivity contribution in [3.8, 4) is 0 Å². The van der Waals surface area contributed by atoms with Crippen LogP contribution in [0.5, 0.6) is 0 Å². The molecule has 0 aromatic carbocycles. The molecular formula is C15H18N4O2S. The Hall–Kier alpha value is -1.76. The summed E-state index contributed by atoms with van der Waals surface area (Å²) >= 11 is 1.90. The standard InChI is InChI=1S/C15H18N4O2S/c1-9-17-12-10(3-5-16-12)13(18-9)19-7-15(8-19)11(4-6-22-15)14(20)21-2/h3,5,11H,4,6-8H2,1-2H3,(H,16,17,18). The number of aromatic nitrogens is 3. The topological polar surface area (TPSA) is 71.1 Å². The van der Waals surface area contributed by atoms with Crippen LogP contribution >= 0.6 is 11.8 Å². The zero-order valence-electron chi connectivity index (χ0n) is 12.6. The van der Waals surface area contributed by atoms with E-state index in [0.29, 0.717) is 0 Å². The number of aryl methyl sites for hydroxylation is 1. The summed E-state index contributed by atoms with van der Waals surface area (Å²) in [6.45, 7) is 3.59. The first kappa shape index (κ1) is 13.9. The van der Waals surface area contributed by atoms with Crippen LogP contribution in [-0.2, 0) is 9.53 Å². The summed E-state index contributed by atoms with van der Waals surface area (Å²) in [5.41, 5.74) is 0.868. The molecule has 116 valence electrons. The maximum Gasteiger partial charge on any atom is 0.310 e. The monoisotopic (exact) mass is 318 g/mol. The molecule has 2 fully saturated rings. The number of methoxy groups -OCH3 is 1. The molecule has 2 aromatic heterocycles. The molecule has 7 heteroatoms. The van der Waals surface area contributed by atoms with Gasteiger partial charge in [0.25, 0.3) is 0 Å². The zero-order chi connectivity index (χ0) is 15.3. The number of esters is 1. The molecule has 2 aliphatic heterocycles. The minimum atomic E-state index is -0.0738. The Labute approximate surface area is 132 Å². The van der Waals surface area contributed by atoms with Crippen LogP contribution in [0.4, 0.5) is 5.82 Å². The molecule has 1 atom stereocenters. The minimum absolute atomic E-state index is 0.00315. The third-order valence-corrected chi connectivity index (χ3v) is 6.20. The van der Waals surface area contributed by atoms with E-state index in [-0.39, 0.29) is 16.6 Å². The molecule has 0 saturated carbocycles. The average molecular weight is 318 g/mol. The summed E-state index contributed by atoms with van der Waals surface area (Å²) < 4.78 is 4.98. The van der Waals surface area contributed by atoms with E-state index in [1.807, 2.05) is 30.9 Å². The maximum absolute atomic E-state index is 12.0. The number of hydrogen-bond acceptors (Lipinski definition) is 6. The van der Waals surface area contributed by atoms with Gasteiger partial charge in [0, 0.05) is 19.3 Å². The van der Waals surface area contributed by atoms with Crippen LogP contribution in [0.25, 0.3) is 11.0 Å². The third-order valence-electron chi connectivity index (χ3n) is 4.64. The lowest BCUT2D eigenvalue weighted by molar-refractivity contribution is -0.146. The number of nitrogens with zero attached hydrogens (tertiary/aromatic N) is 3. The lowest BCUT2D eigenvalue weighted by Gasteiger charge is -2.50. The second-order valence-electron chi connectivity index (χ2n) is 5.97. The summed E-state index contributed by atoms with van der Waals surface area (Å²) in [6, 6.07) is 2.01. The first-order chi connectivity index (χ1) is 10.6. The van der Waals surface area contributed by atoms with Crippen LogP contribution in [0, 0.1) is 12.8 Å². The fourth-order valence-electron chi connectivity index (χ4n) is 3.55. The Morgan fingerprint density at radius 3 is 3.09 bits per heavy atom. The van der Waals surface area contributed by atoms with Crippen molar-refractivity contribution in [2.45, 2.75) is 18.1 Å². The van der Waals surface area contributed by atoms with E-state index in [2.05, 4.69) is 19.9 Å². The van der Waals surface area contributed by atoms with Crippen molar-refractivity contribution in [2.75, 3.05) is 30.9 Å². The molecule has 2 saturated heterocycles. The summed E-state index contributed by atoms with van der Waals surface area (Å²) in [5.74, 6) is 2.68. The van der Waals surface area contributed by atoms with Crippen molar-refractivity contribution < 1.29 is 9.53 Å². The highest BCUT2D eigenvalue weighted by molar-refractivity contribution is 8.01. The predicted octanol–water partition coefficient (Wildman–Crippen LogP) is 1.75. The van der Waals surface area contributed by atoms with Crippen molar-refractivity contribution in [2.24, 2.45) is 5.92 Å². The summed E-state index contributed by atoms with van der Waals surface area (Å²) in [6.07, 6.45) is 2.80. The van der Waals surface area contributed by atoms with Gasteiger partial charge in [0.15, 0.2) is 0 Å². The van der Waals surface area contributed by atoms with Crippen molar-refractivity contribution in [3.63, 3.8) is 0 Å². The molecule has 0 radical (unpaired) electrons. The van der Waals surface area contributed by atoms with Gasteiger partial charge in [-0.3, -0.25) is 4.79 Å². The highest BCUT2D eigenvalue weighted by atomic mass is 32.2. The molecule has 0 amide bonds. The van der Waals surface area contributed by atoms with Gasteiger partial charge in [-0.05, 0) is 25.2 Å². The van der Waals surface area contributed by atoms with Crippen LogP contribution in [0.3, 0.4) is 0 Å². The Bertz CT molecular complexity index is 738. The van der Waals surface area contributed by atoms with Gasteiger partial charge in [0.05, 0.1) is 23.2 Å². The maximum atomic E-state index is 12.0. The van der Waals surface area contributed by atoms with Crippen molar-refractivity contribution in [3.05, 3.63) is 18.1 Å². The van der Waals surface area contributed by atoms with Gasteiger partial charge in [-0.2, -0.15) is 11.8 Å². The molecule has 22 heavy (non-hydrogen) atoms. The summed E-state index contributed by atoms with van der Waals surface area (Å²) in [7, 11) is 1.48. The number of carbonyl (C=O) groups excluding carboxylic acids is 1. The molecule has 4 heterocycles. The quantitative estimate of drug-likeness (QED) is 0.851. The van der Waals surface area contributed by atoms with E-state index in [1.165, 1.54) is 7.11 Å². The SMILES string of the molecule is COC(=O)C1CCSC12CN(c1nc(C)nc3[nH]ccc13)C2. The number of fused-ring (bicyclic) bond motifs is 1. The molecule has 1 unspecified atom stereocenters. The molecule has 6 nitrogen and oxygen atoms in total. The largest absolute Gasteiger partial charge is 0.469 e. The average Bonchev–Trinajstić information content (AvgIpc) is 3.09. The fraction of sp³-hybridized carbons (Fsp3) is 0.533. The lowest BCUT2D eigenvalue weighted by Crippen LogP contribution is -2.63. The molecule has 0 aliphatic carbocycles. The number of nitrogens with one attached hydrogen (secondary N) is 1. The van der Waals surface area contributed by atoms with Crippen LogP contribution in [0.15, 0.2) is 12.3 Å². The van der Waals surface area contributed by atoms with Crippen LogP contribution in [0.1, 0.15) is 12.2 Å². The Morgan fingerprint density at radius 1 is 1.50 bits per heavy atom. The fourth-order valence-corrected chi connectivity index (χ4v) is 5.22. The van der Waals surface area contributed by atoms with E-state index in [9.17, 15) is 4.79 Å². The molecule has 0 bridgehead atoms. The summed E-state index contributed by atoms with van der Waals surface area (Å²) in [5, 5.41) is 1.04. The van der Waals surface area contributed by atoms with Gasteiger partial charge in [-0.25, -0.2) is 9.97 Å². The van der Waals surface area contributed by atoms with Crippen LogP contribution in [0.2, 0.25) is 0 Å². The third kappa shape index (κ3) is 1.91. The smallest absolute Gasteiger partial charge is 0.310 e. The van der Waals surface area contributed by atoms with Crippen LogP contribution in [-0.4, -0.2) is 51.6 Å². The normalized spacial score (nSPS) is 23.0. The molecule has 1 spiro atoms. The highest BCUT2D eigenvalue weighted by Crippen LogP contribution is 2.50. The second kappa shape index (κ2) is 4.87. The Morgan fingerprint density at radius 2 is 2.32 bits per heavy atom. The van der Waals surface area contributed by atoms with Gasteiger partial charge in [-0.15, -0.1) is 0 Å². The van der Waals surface area contributed by atoms with Gasteiger partial charge >= 0.3 is 5.97 Å². The number of ether oxygens (including phenoxy) is 1. The van der Waals surface area contributed by atoms with Gasteiger partial charge in [0.1, 0.15) is 17.3 Å². The number of anilines is 1. The van der Waals surface area contributed by atoms with Crippen molar-refractivity contribution >= 4 is 34.6 Å². The van der Waals surface area contributed by atoms with E-state index >= 15 is 0 Å². The first-order valence-electron chi connectivity index (χ1n) is 7.41. The van der Waals surface area contributed by atoms with E-state index in [0.717, 1.165) is 47.9 Å². The molecule has 4 rings (SSSR count). The Balaban J connectivity index is 1.62. The van der Waals surface area contributed by atoms with Crippen LogP contribution < -0.4 is 4.90 Å². The van der Waals surface area contributed by atoms with Crippen molar-refractivity contribution in [1.82, 2.24) is 15.0 Å². The first-order valence-corrected chi connectivity index (χ1v) is 8.40. The van der Waals surface area contributed by atoms with E-state index < -0.39 is 0 Å². The number of rotatable bonds is 2. The zero-order valence-corrected chi connectivity index (χ0v) is 13.4. The minimum Gasteiger partial charge on any atom is -0.469 e. The lowest BCUT2D eigenvalue weighted by atomic mass is 9.83. The highest BCUT2D eigenvalue weighted by Gasteiger charge is 2.56. The van der Waals surface area contributed by atoms with E-state index in [1.54, 1.807) is 0 Å². The molecule has 1 N–H and O–H groups in total. The summed E-state index contributed by atoms with van der Waals surface area (Å²) in [4.78, 5) is 26.4.